The number of carboxylic acid groups (broad SMARTS) is 2. The number of carboxylic acids is 2. The van der Waals surface area contributed by atoms with Crippen molar-refractivity contribution in [1.29, 1.82) is 0 Å². The van der Waals surface area contributed by atoms with Crippen molar-refractivity contribution in [2.45, 2.75) is 57.8 Å². The van der Waals surface area contributed by atoms with Gasteiger partial charge in [-0.2, -0.15) is 0 Å². The second kappa shape index (κ2) is 13.9. The molecule has 2 N–H and O–H groups in total. The molecule has 1 aliphatic heterocycles. The summed E-state index contributed by atoms with van der Waals surface area (Å²) >= 11 is 6.68. The van der Waals surface area contributed by atoms with Gasteiger partial charge >= 0.3 is 11.9 Å². The lowest BCUT2D eigenvalue weighted by atomic mass is 10.1. The van der Waals surface area contributed by atoms with E-state index in [1.54, 1.807) is 23.1 Å². The summed E-state index contributed by atoms with van der Waals surface area (Å²) in [6.45, 7) is 0.718. The van der Waals surface area contributed by atoms with Crippen LogP contribution in [0.4, 0.5) is 0 Å². The van der Waals surface area contributed by atoms with Crippen LogP contribution in [0, 0.1) is 0 Å². The molecule has 0 aromatic heterocycles. The molecule has 1 aliphatic rings. The van der Waals surface area contributed by atoms with Crippen molar-refractivity contribution in [3.8, 4) is 5.75 Å². The van der Waals surface area contributed by atoms with Gasteiger partial charge in [0.05, 0.1) is 17.9 Å². The van der Waals surface area contributed by atoms with E-state index in [4.69, 9.17) is 27.2 Å². The zero-order valence-corrected chi connectivity index (χ0v) is 19.6. The summed E-state index contributed by atoms with van der Waals surface area (Å²) in [5.74, 6) is -1.13. The van der Waals surface area contributed by atoms with Crippen molar-refractivity contribution in [2.75, 3.05) is 13.2 Å². The summed E-state index contributed by atoms with van der Waals surface area (Å²) in [7, 11) is 0. The number of carbonyl (C=O) groups excluding carboxylic acids is 1. The molecule has 1 heterocycles. The molecule has 174 valence electrons. The molecular weight excluding hydrogens is 450 g/mol. The quantitative estimate of drug-likeness (QED) is 0.207. The fraction of sp³-hybridized carbons (Fsp3) is 0.478. The average molecular weight is 480 g/mol. The third-order valence-electron chi connectivity index (χ3n) is 4.91. The summed E-state index contributed by atoms with van der Waals surface area (Å²) in [6, 6.07) is 7.13. The van der Waals surface area contributed by atoms with Crippen LogP contribution in [0.25, 0.3) is 6.08 Å². The highest BCUT2D eigenvalue weighted by Gasteiger charge is 2.31. The summed E-state index contributed by atoms with van der Waals surface area (Å²) in [4.78, 5) is 36.0. The van der Waals surface area contributed by atoms with Crippen LogP contribution in [0.15, 0.2) is 29.2 Å². The number of benzene rings is 1. The molecule has 0 saturated carbocycles. The van der Waals surface area contributed by atoms with Crippen LogP contribution in [0.2, 0.25) is 0 Å². The van der Waals surface area contributed by atoms with Gasteiger partial charge in [-0.25, -0.2) is 0 Å². The van der Waals surface area contributed by atoms with Crippen LogP contribution in [0.5, 0.6) is 5.75 Å². The summed E-state index contributed by atoms with van der Waals surface area (Å²) < 4.78 is 5.94. The molecule has 0 unspecified atom stereocenters. The van der Waals surface area contributed by atoms with Crippen LogP contribution in [-0.4, -0.2) is 50.4 Å². The Bertz CT molecular complexity index is 837. The second-order valence-electron chi connectivity index (χ2n) is 7.51. The number of nitrogens with zero attached hydrogens (tertiary/aromatic N) is 1. The van der Waals surface area contributed by atoms with Crippen LogP contribution >= 0.6 is 24.0 Å². The molecule has 1 amide bonds. The van der Waals surface area contributed by atoms with E-state index in [1.807, 2.05) is 12.1 Å². The fourth-order valence-electron chi connectivity index (χ4n) is 3.19. The molecule has 0 atom stereocenters. The Morgan fingerprint density at radius 3 is 2.16 bits per heavy atom. The number of thiocarbonyl (C=S) groups is 1. The first kappa shape index (κ1) is 25.9. The third-order valence-corrected chi connectivity index (χ3v) is 6.29. The number of aliphatic carboxylic acids is 2. The van der Waals surface area contributed by atoms with Gasteiger partial charge in [0.2, 0.25) is 0 Å². The Balaban J connectivity index is 1.72. The molecule has 1 fully saturated rings. The Labute approximate surface area is 197 Å². The molecule has 1 aromatic rings. The predicted octanol–water partition coefficient (Wildman–Crippen LogP) is 4.95. The van der Waals surface area contributed by atoms with E-state index < -0.39 is 11.9 Å². The maximum Gasteiger partial charge on any atom is 0.306 e. The number of rotatable bonds is 15. The summed E-state index contributed by atoms with van der Waals surface area (Å²) in [5, 5.41) is 17.3. The summed E-state index contributed by atoms with van der Waals surface area (Å²) in [5.41, 5.74) is 0.846. The van der Waals surface area contributed by atoms with Crippen LogP contribution in [-0.2, 0) is 14.4 Å². The van der Waals surface area contributed by atoms with Crippen LogP contribution in [0.3, 0.4) is 0 Å². The molecule has 32 heavy (non-hydrogen) atoms. The van der Waals surface area contributed by atoms with Crippen molar-refractivity contribution in [1.82, 2.24) is 4.90 Å². The Morgan fingerprint density at radius 2 is 1.53 bits per heavy atom. The molecule has 1 aromatic carbocycles. The van der Waals surface area contributed by atoms with Gasteiger partial charge in [0.15, 0.2) is 0 Å². The highest BCUT2D eigenvalue weighted by molar-refractivity contribution is 8.26. The summed E-state index contributed by atoms with van der Waals surface area (Å²) in [6.07, 6.45) is 8.75. The minimum atomic E-state index is -0.906. The van der Waals surface area contributed by atoms with Crippen molar-refractivity contribution < 1.29 is 29.3 Å². The number of amides is 1. The van der Waals surface area contributed by atoms with E-state index in [1.165, 1.54) is 11.8 Å². The van der Waals surface area contributed by atoms with E-state index in [0.717, 1.165) is 50.5 Å². The van der Waals surface area contributed by atoms with Gasteiger partial charge in [-0.1, -0.05) is 68.2 Å². The third kappa shape index (κ3) is 9.40. The maximum absolute atomic E-state index is 12.7. The van der Waals surface area contributed by atoms with Gasteiger partial charge in [0.25, 0.3) is 5.91 Å². The maximum atomic E-state index is 12.7. The van der Waals surface area contributed by atoms with Gasteiger partial charge in [-0.15, -0.1) is 0 Å². The van der Waals surface area contributed by atoms with Gasteiger partial charge in [-0.3, -0.25) is 19.3 Å². The molecule has 0 bridgehead atoms. The van der Waals surface area contributed by atoms with E-state index in [9.17, 15) is 14.4 Å². The lowest BCUT2D eigenvalue weighted by Gasteiger charge is -2.14. The van der Waals surface area contributed by atoms with Crippen molar-refractivity contribution >= 4 is 52.2 Å². The number of carbonyl (C=O) groups is 3. The van der Waals surface area contributed by atoms with Crippen molar-refractivity contribution in [3.63, 3.8) is 0 Å². The molecule has 1 saturated heterocycles. The number of hydrogen-bond donors (Lipinski definition) is 2. The SMILES string of the molecule is O=C(O)CCCCCCCCCN1C(=O)/C(=C/c2ccc(OCCC(=O)O)cc2)SC1=S. The minimum absolute atomic E-state index is 0.0585. The number of hydrogen-bond acceptors (Lipinski definition) is 6. The average Bonchev–Trinajstić information content (AvgIpc) is 3.00. The number of unbranched alkanes of at least 4 members (excludes halogenated alkanes) is 6. The molecule has 0 aliphatic carbocycles. The zero-order valence-electron chi connectivity index (χ0n) is 18.0. The highest BCUT2D eigenvalue weighted by Crippen LogP contribution is 2.33. The van der Waals surface area contributed by atoms with Crippen molar-refractivity contribution in [3.05, 3.63) is 34.7 Å². The zero-order chi connectivity index (χ0) is 23.3. The molecule has 2 rings (SSSR count). The molecule has 0 spiro atoms. The molecule has 9 heteroatoms. The smallest absolute Gasteiger partial charge is 0.306 e. The van der Waals surface area contributed by atoms with E-state index >= 15 is 0 Å². The van der Waals surface area contributed by atoms with Crippen LogP contribution < -0.4 is 4.74 Å². The number of ether oxygens (including phenoxy) is 1. The topological polar surface area (TPSA) is 104 Å². The van der Waals surface area contributed by atoms with Gasteiger partial charge < -0.3 is 14.9 Å². The molecule has 0 radical (unpaired) electrons. The monoisotopic (exact) mass is 479 g/mol. The fourth-order valence-corrected chi connectivity index (χ4v) is 4.50. The van der Waals surface area contributed by atoms with Crippen LogP contribution in [0.1, 0.15) is 63.4 Å². The van der Waals surface area contributed by atoms with Gasteiger partial charge in [0, 0.05) is 13.0 Å². The standard InChI is InChI=1S/C23H29NO6S2/c25-20(26)8-6-4-2-1-3-5-7-14-24-22(29)19(32-23(24)31)16-17-9-11-18(12-10-17)30-15-13-21(27)28/h9-12,16H,1-8,13-15H2,(H,25,26)(H,27,28)/b19-16-. The molecular formula is C23H29NO6S2. The number of thioether (sulfide) groups is 1. The van der Waals surface area contributed by atoms with E-state index in [2.05, 4.69) is 0 Å². The normalized spacial score (nSPS) is 14.9. The first-order chi connectivity index (χ1) is 15.4. The van der Waals surface area contributed by atoms with Crippen molar-refractivity contribution in [2.24, 2.45) is 0 Å². The predicted molar refractivity (Wildman–Crippen MR) is 129 cm³/mol. The first-order valence-corrected chi connectivity index (χ1v) is 12.0. The molecule has 7 nitrogen and oxygen atoms in total. The Kier molecular flexibility index (Phi) is 11.2. The first-order valence-electron chi connectivity index (χ1n) is 10.8. The minimum Gasteiger partial charge on any atom is -0.493 e. The highest BCUT2D eigenvalue weighted by atomic mass is 32.2. The second-order valence-corrected chi connectivity index (χ2v) is 9.19. The Hall–Kier alpha value is -2.39. The lowest BCUT2D eigenvalue weighted by Crippen LogP contribution is -2.29. The van der Waals surface area contributed by atoms with E-state index in [0.29, 0.717) is 21.5 Å². The lowest BCUT2D eigenvalue weighted by molar-refractivity contribution is -0.138. The van der Waals surface area contributed by atoms with Gasteiger partial charge in [-0.05, 0) is 36.6 Å². The Morgan fingerprint density at radius 1 is 0.938 bits per heavy atom. The largest absolute Gasteiger partial charge is 0.493 e. The van der Waals surface area contributed by atoms with Gasteiger partial charge in [0.1, 0.15) is 10.1 Å². The van der Waals surface area contributed by atoms with E-state index in [-0.39, 0.29) is 25.4 Å².